The molecule has 0 aliphatic heterocycles. The number of carbonyl (C=O) groups excluding carboxylic acids is 2. The number of nitro benzene ring substituents is 1. The van der Waals surface area contributed by atoms with E-state index in [-0.39, 0.29) is 33.5 Å². The van der Waals surface area contributed by atoms with Crippen LogP contribution in [0.4, 0.5) is 5.69 Å². The van der Waals surface area contributed by atoms with Gasteiger partial charge in [0.25, 0.3) is 5.69 Å². The maximum absolute atomic E-state index is 12.5. The minimum atomic E-state index is -1.53. The molecule has 1 aliphatic rings. The second kappa shape index (κ2) is 7.96. The van der Waals surface area contributed by atoms with Crippen molar-refractivity contribution in [1.82, 2.24) is 0 Å². The Morgan fingerprint density at radius 1 is 1.33 bits per heavy atom. The summed E-state index contributed by atoms with van der Waals surface area (Å²) in [5.41, 5.74) is 0.214. The molecule has 27 heavy (non-hydrogen) atoms. The Morgan fingerprint density at radius 3 is 2.37 bits per heavy atom. The number of benzene rings is 1. The predicted octanol–water partition coefficient (Wildman–Crippen LogP) is 4.44. The fourth-order valence-electron chi connectivity index (χ4n) is 2.49. The van der Waals surface area contributed by atoms with Crippen molar-refractivity contribution < 1.29 is 19.3 Å². The van der Waals surface area contributed by atoms with Crippen molar-refractivity contribution in [3.63, 3.8) is 0 Å². The summed E-state index contributed by atoms with van der Waals surface area (Å²) in [6, 6.07) is 4.80. The van der Waals surface area contributed by atoms with Crippen LogP contribution in [0.25, 0.3) is 0 Å². The topological polar surface area (TPSA) is 98.9 Å². The summed E-state index contributed by atoms with van der Waals surface area (Å²) in [7, 11) is 0. The Morgan fingerprint density at radius 2 is 1.89 bits per heavy atom. The molecule has 1 aliphatic carbocycles. The lowest BCUT2D eigenvalue weighted by molar-refractivity contribution is -0.384. The Balaban J connectivity index is 2.33. The number of carbonyl (C=O) groups is 2. The van der Waals surface area contributed by atoms with E-state index in [1.165, 1.54) is 19.1 Å². The van der Waals surface area contributed by atoms with E-state index in [9.17, 15) is 19.7 Å². The number of hydrogen-bond acceptors (Lipinski definition) is 6. The van der Waals surface area contributed by atoms with Gasteiger partial charge in [-0.05, 0) is 30.5 Å². The molecule has 0 spiro atoms. The Kier molecular flexibility index (Phi) is 6.29. The lowest BCUT2D eigenvalue weighted by atomic mass is 9.79. The predicted molar refractivity (Wildman–Crippen MR) is 103 cm³/mol. The maximum Gasteiger partial charge on any atom is 0.365 e. The molecule has 0 N–H and O–H groups in total. The van der Waals surface area contributed by atoms with Crippen LogP contribution in [0.1, 0.15) is 31.1 Å². The molecule has 1 aromatic rings. The molecule has 2 unspecified atom stereocenters. The summed E-state index contributed by atoms with van der Waals surface area (Å²) < 4.78 is 0. The molecule has 2 atom stereocenters. The second-order valence-corrected chi connectivity index (χ2v) is 7.65. The van der Waals surface area contributed by atoms with Crippen LogP contribution in [-0.2, 0) is 9.63 Å². The van der Waals surface area contributed by atoms with Crippen LogP contribution in [0.3, 0.4) is 0 Å². The summed E-state index contributed by atoms with van der Waals surface area (Å²) in [6.07, 6.45) is 0. The number of hydrogen-bond donors (Lipinski definition) is 0. The fourth-order valence-corrected chi connectivity index (χ4v) is 3.54. The summed E-state index contributed by atoms with van der Waals surface area (Å²) in [5.74, 6) is -1.74. The highest BCUT2D eigenvalue weighted by Crippen LogP contribution is 2.43. The van der Waals surface area contributed by atoms with E-state index in [1.54, 1.807) is 13.8 Å². The van der Waals surface area contributed by atoms with Gasteiger partial charge in [-0.2, -0.15) is 0 Å². The monoisotopic (exact) mass is 432 g/mol. The molecule has 2 rings (SSSR count). The van der Waals surface area contributed by atoms with Crippen molar-refractivity contribution in [3.05, 3.63) is 50.5 Å². The number of nitrogens with zero attached hydrogens (tertiary/aromatic N) is 2. The van der Waals surface area contributed by atoms with E-state index in [1.807, 2.05) is 0 Å². The number of rotatable bonds is 4. The molecule has 0 radical (unpaired) electrons. The van der Waals surface area contributed by atoms with Crippen LogP contribution in [0.5, 0.6) is 0 Å². The number of allylic oxidation sites excluding steroid dienone is 2. The fraction of sp³-hybridized carbons (Fsp3) is 0.353. The molecule has 0 saturated heterocycles. The van der Waals surface area contributed by atoms with Gasteiger partial charge in [0.05, 0.1) is 15.5 Å². The molecule has 10 heteroatoms. The van der Waals surface area contributed by atoms with Gasteiger partial charge in [-0.15, -0.1) is 23.2 Å². The van der Waals surface area contributed by atoms with E-state index in [0.29, 0.717) is 0 Å². The standard InChI is InChI=1S/C17H15Cl3N2O5/c1-8(2)17(20)14(19)13(9(3)12(18)15(17)23)21-27-16(24)10-4-6-11(7-5-10)22(25)26/h4-8,14H,1-3H3/b21-13-. The molecule has 0 heterocycles. The number of nitro groups is 1. The van der Waals surface area contributed by atoms with Gasteiger partial charge in [0.1, 0.15) is 16.0 Å². The van der Waals surface area contributed by atoms with Crippen molar-refractivity contribution >= 4 is 58.0 Å². The highest BCUT2D eigenvalue weighted by molar-refractivity contribution is 6.59. The molecule has 1 aromatic carbocycles. The summed E-state index contributed by atoms with van der Waals surface area (Å²) in [4.78, 5) is 38.0. The average Bonchev–Trinajstić information content (AvgIpc) is 2.64. The van der Waals surface area contributed by atoms with Crippen LogP contribution in [0.2, 0.25) is 0 Å². The molecular formula is C17H15Cl3N2O5. The van der Waals surface area contributed by atoms with Crippen molar-refractivity contribution in [3.8, 4) is 0 Å². The van der Waals surface area contributed by atoms with Gasteiger partial charge in [0, 0.05) is 12.1 Å². The van der Waals surface area contributed by atoms with E-state index in [2.05, 4.69) is 5.16 Å². The third-order valence-electron chi connectivity index (χ3n) is 4.25. The van der Waals surface area contributed by atoms with E-state index >= 15 is 0 Å². The Hall–Kier alpha value is -1.96. The first-order chi connectivity index (χ1) is 12.5. The zero-order valence-corrected chi connectivity index (χ0v) is 16.8. The first-order valence-electron chi connectivity index (χ1n) is 7.80. The smallest absolute Gasteiger partial charge is 0.312 e. The first kappa shape index (κ1) is 21.3. The third kappa shape index (κ3) is 3.85. The van der Waals surface area contributed by atoms with E-state index in [4.69, 9.17) is 39.6 Å². The molecule has 0 amide bonds. The molecule has 0 aromatic heterocycles. The van der Waals surface area contributed by atoms with Gasteiger partial charge >= 0.3 is 5.97 Å². The summed E-state index contributed by atoms with van der Waals surface area (Å²) in [6.45, 7) is 4.95. The van der Waals surface area contributed by atoms with Crippen molar-refractivity contribution in [1.29, 1.82) is 0 Å². The lowest BCUT2D eigenvalue weighted by Gasteiger charge is -2.37. The number of oxime groups is 1. The average molecular weight is 434 g/mol. The Labute approximate surface area is 170 Å². The molecule has 144 valence electrons. The SMILES string of the molecule is CC1=C(Cl)C(=O)C(Cl)(C(C)C)C(Cl)/C1=N\OC(=O)c1ccc([N+](=O)[O-])cc1. The van der Waals surface area contributed by atoms with Gasteiger partial charge in [0.2, 0.25) is 0 Å². The molecule has 7 nitrogen and oxygen atoms in total. The maximum atomic E-state index is 12.5. The highest BCUT2D eigenvalue weighted by atomic mass is 35.5. The summed E-state index contributed by atoms with van der Waals surface area (Å²) in [5, 5.41) is 13.2. The molecule has 0 saturated carbocycles. The van der Waals surface area contributed by atoms with Crippen LogP contribution in [0.15, 0.2) is 40.0 Å². The zero-order chi connectivity index (χ0) is 20.5. The second-order valence-electron chi connectivity index (χ2n) is 6.21. The number of ketones is 1. The van der Waals surface area contributed by atoms with Crippen LogP contribution in [-0.4, -0.2) is 32.6 Å². The van der Waals surface area contributed by atoms with Crippen LogP contribution < -0.4 is 0 Å². The normalized spacial score (nSPS) is 24.5. The molecule has 0 fully saturated rings. The number of Topliss-reactive ketones (excluding diaryl/α,β-unsaturated/α-hetero) is 1. The minimum Gasteiger partial charge on any atom is -0.312 e. The minimum absolute atomic E-state index is 0.0525. The number of alkyl halides is 2. The van der Waals surface area contributed by atoms with Crippen molar-refractivity contribution in [2.45, 2.75) is 31.0 Å². The largest absolute Gasteiger partial charge is 0.365 e. The number of halogens is 3. The lowest BCUT2D eigenvalue weighted by Crippen LogP contribution is -2.53. The van der Waals surface area contributed by atoms with Crippen LogP contribution >= 0.6 is 34.8 Å². The van der Waals surface area contributed by atoms with Gasteiger partial charge in [0.15, 0.2) is 5.78 Å². The third-order valence-corrected chi connectivity index (χ3v) is 6.19. The number of non-ortho nitro benzene ring substituents is 1. The van der Waals surface area contributed by atoms with Crippen molar-refractivity contribution in [2.24, 2.45) is 11.1 Å². The first-order valence-corrected chi connectivity index (χ1v) is 8.99. The molecular weight excluding hydrogens is 419 g/mol. The van der Waals surface area contributed by atoms with Gasteiger partial charge < -0.3 is 4.84 Å². The Bertz CT molecular complexity index is 864. The van der Waals surface area contributed by atoms with Gasteiger partial charge in [-0.3, -0.25) is 14.9 Å². The van der Waals surface area contributed by atoms with Gasteiger partial charge in [-0.25, -0.2) is 4.79 Å². The van der Waals surface area contributed by atoms with Gasteiger partial charge in [-0.1, -0.05) is 30.6 Å². The summed E-state index contributed by atoms with van der Waals surface area (Å²) >= 11 is 18.9. The highest BCUT2D eigenvalue weighted by Gasteiger charge is 2.53. The zero-order valence-electron chi connectivity index (χ0n) is 14.5. The van der Waals surface area contributed by atoms with Crippen molar-refractivity contribution in [2.75, 3.05) is 0 Å². The molecule has 0 bridgehead atoms. The quantitative estimate of drug-likeness (QED) is 0.302. The van der Waals surface area contributed by atoms with E-state index in [0.717, 1.165) is 12.1 Å². The van der Waals surface area contributed by atoms with E-state index < -0.39 is 26.9 Å². The van der Waals surface area contributed by atoms with Crippen LogP contribution in [0, 0.1) is 16.0 Å².